The van der Waals surface area contributed by atoms with E-state index in [2.05, 4.69) is 30.7 Å². The van der Waals surface area contributed by atoms with Crippen molar-refractivity contribution in [1.82, 2.24) is 25.3 Å². The van der Waals surface area contributed by atoms with E-state index in [9.17, 15) is 27.2 Å². The van der Waals surface area contributed by atoms with Crippen LogP contribution in [0.3, 0.4) is 0 Å². The van der Waals surface area contributed by atoms with Gasteiger partial charge in [0.1, 0.15) is 11.8 Å². The molecule has 0 radical (unpaired) electrons. The first kappa shape index (κ1) is 23.4. The van der Waals surface area contributed by atoms with Crippen LogP contribution in [-0.2, 0) is 16.5 Å². The van der Waals surface area contributed by atoms with Crippen LogP contribution < -0.4 is 15.4 Å². The van der Waals surface area contributed by atoms with Gasteiger partial charge in [-0.1, -0.05) is 0 Å². The molecular weight excluding hydrogens is 480 g/mol. The fourth-order valence-corrected chi connectivity index (χ4v) is 4.58. The molecule has 2 aromatic heterocycles. The molecule has 4 fully saturated rings. The average molecular weight is 502 g/mol. The lowest BCUT2D eigenvalue weighted by Gasteiger charge is -2.61. The van der Waals surface area contributed by atoms with Crippen molar-refractivity contribution in [2.24, 2.45) is 13.0 Å². The molecule has 1 aliphatic heterocycles. The molecule has 2 amide bonds. The number of halogens is 4. The van der Waals surface area contributed by atoms with Gasteiger partial charge in [0.25, 0.3) is 5.91 Å². The molecule has 190 valence electrons. The number of ether oxygens (including phenoxy) is 3. The molecule has 3 heterocycles. The quantitative estimate of drug-likeness (QED) is 0.496. The van der Waals surface area contributed by atoms with Gasteiger partial charge in [-0.15, -0.1) is 5.10 Å². The normalized spacial score (nSPS) is 29.2. The molecule has 2 bridgehead atoms. The molecule has 0 spiro atoms. The van der Waals surface area contributed by atoms with E-state index in [1.54, 1.807) is 0 Å². The summed E-state index contributed by atoms with van der Waals surface area (Å²) < 4.78 is 67.7. The molecule has 0 unspecified atom stereocenters. The molecule has 3 saturated carbocycles. The zero-order valence-electron chi connectivity index (χ0n) is 18.4. The van der Waals surface area contributed by atoms with Gasteiger partial charge in [0.05, 0.1) is 12.3 Å². The Morgan fingerprint density at radius 1 is 1.31 bits per heavy atom. The van der Waals surface area contributed by atoms with E-state index in [0.29, 0.717) is 5.92 Å². The van der Waals surface area contributed by atoms with Crippen LogP contribution in [0.25, 0.3) is 0 Å². The number of rotatable bonds is 7. The Kier molecular flexibility index (Phi) is 5.61. The second-order valence-corrected chi connectivity index (χ2v) is 9.08. The second kappa shape index (κ2) is 8.39. The predicted molar refractivity (Wildman–Crippen MR) is 108 cm³/mol. The Labute approximate surface area is 195 Å². The highest BCUT2D eigenvalue weighted by Crippen LogP contribution is 2.57. The summed E-state index contributed by atoms with van der Waals surface area (Å²) >= 11 is 0. The first-order valence-corrected chi connectivity index (χ1v) is 10.8. The molecule has 35 heavy (non-hydrogen) atoms. The third-order valence-electron chi connectivity index (χ3n) is 6.36. The maximum absolute atomic E-state index is 14.4. The van der Waals surface area contributed by atoms with Crippen molar-refractivity contribution in [2.45, 2.75) is 49.4 Å². The van der Waals surface area contributed by atoms with Crippen LogP contribution in [0.5, 0.6) is 5.88 Å². The van der Waals surface area contributed by atoms with Crippen LogP contribution in [0.4, 0.5) is 28.2 Å². The smallest absolute Gasteiger partial charge is 0.422 e. The van der Waals surface area contributed by atoms with Gasteiger partial charge < -0.3 is 24.8 Å². The van der Waals surface area contributed by atoms with E-state index in [0.717, 1.165) is 30.0 Å². The standard InChI is InChI=1S/C20H22F4N6O5/c1-30-12(3-14(29-30)34-8-20(22,23)24)17(31)25-13-2-11(27-28-13)16-15(10(21)7-33-16)35-18(32)26-19-4-9(5-19)6-19/h2-3,9-10,15-16H,4-8H2,1H3,(H,26,32)(H2,25,27,28,31)/t9?,10-,15-,16-,19?/m0/s1. The van der Waals surface area contributed by atoms with Gasteiger partial charge in [-0.2, -0.15) is 18.3 Å². The number of hydrogen-bond donors (Lipinski definition) is 3. The number of nitrogens with zero attached hydrogens (tertiary/aromatic N) is 3. The minimum Gasteiger partial charge on any atom is -0.467 e. The topological polar surface area (TPSA) is 132 Å². The third-order valence-corrected chi connectivity index (χ3v) is 6.36. The van der Waals surface area contributed by atoms with Gasteiger partial charge in [-0.25, -0.2) is 9.18 Å². The highest BCUT2D eigenvalue weighted by molar-refractivity contribution is 6.02. The molecule has 3 aliphatic carbocycles. The number of H-pyrrole nitrogens is 1. The lowest BCUT2D eigenvalue weighted by molar-refractivity contribution is -0.154. The van der Waals surface area contributed by atoms with Crippen molar-refractivity contribution in [2.75, 3.05) is 18.5 Å². The number of aryl methyl sites for hydroxylation is 1. The van der Waals surface area contributed by atoms with Crippen LogP contribution in [0.2, 0.25) is 0 Å². The van der Waals surface area contributed by atoms with E-state index in [-0.39, 0.29) is 35.2 Å². The maximum Gasteiger partial charge on any atom is 0.422 e. The summed E-state index contributed by atoms with van der Waals surface area (Å²) in [5, 5.41) is 15.5. The first-order chi connectivity index (χ1) is 16.5. The summed E-state index contributed by atoms with van der Waals surface area (Å²) in [6, 6.07) is 2.43. The Morgan fingerprint density at radius 3 is 2.71 bits per heavy atom. The molecule has 3 atom stereocenters. The number of aromatic amines is 1. The van der Waals surface area contributed by atoms with Crippen molar-refractivity contribution in [3.05, 3.63) is 23.5 Å². The van der Waals surface area contributed by atoms with Gasteiger partial charge in [-0.3, -0.25) is 14.6 Å². The van der Waals surface area contributed by atoms with Gasteiger partial charge in [0.2, 0.25) is 5.88 Å². The van der Waals surface area contributed by atoms with E-state index in [1.165, 1.54) is 13.1 Å². The number of carbonyl (C=O) groups excluding carboxylic acids is 2. The van der Waals surface area contributed by atoms with Gasteiger partial charge in [-0.05, 0) is 25.2 Å². The summed E-state index contributed by atoms with van der Waals surface area (Å²) in [5.74, 6) is -0.410. The predicted octanol–water partition coefficient (Wildman–Crippen LogP) is 2.39. The zero-order valence-corrected chi connectivity index (χ0v) is 18.4. The number of aromatic nitrogens is 4. The van der Waals surface area contributed by atoms with Crippen LogP contribution in [-0.4, -0.2) is 69.2 Å². The number of nitrogens with one attached hydrogen (secondary N) is 3. The van der Waals surface area contributed by atoms with E-state index in [4.69, 9.17) is 9.47 Å². The van der Waals surface area contributed by atoms with Crippen LogP contribution in [0, 0.1) is 5.92 Å². The summed E-state index contributed by atoms with van der Waals surface area (Å²) in [4.78, 5) is 24.8. The molecule has 1 saturated heterocycles. The maximum atomic E-state index is 14.4. The average Bonchev–Trinajstić information content (AvgIpc) is 3.41. The molecule has 4 aliphatic rings. The molecule has 6 rings (SSSR count). The SMILES string of the molecule is Cn1nc(OCC(F)(F)F)cc1C(=O)Nc1cc([C@@H]2OC[C@H](F)[C@@H]2OC(=O)NC23CC(C2)C3)[nH]n1. The fraction of sp³-hybridized carbons (Fsp3) is 0.600. The summed E-state index contributed by atoms with van der Waals surface area (Å²) in [5.41, 5.74) is -0.0423. The molecule has 2 aromatic rings. The minimum atomic E-state index is -4.55. The summed E-state index contributed by atoms with van der Waals surface area (Å²) in [7, 11) is 1.36. The lowest BCUT2D eigenvalue weighted by Crippen LogP contribution is -2.68. The Hall–Kier alpha value is -3.36. The molecule has 3 N–H and O–H groups in total. The Bertz CT molecular complexity index is 1120. The van der Waals surface area contributed by atoms with Gasteiger partial charge >= 0.3 is 12.3 Å². The van der Waals surface area contributed by atoms with Crippen molar-refractivity contribution in [3.63, 3.8) is 0 Å². The molecular formula is C20H22F4N6O5. The van der Waals surface area contributed by atoms with E-state index in [1.807, 2.05) is 0 Å². The van der Waals surface area contributed by atoms with E-state index >= 15 is 0 Å². The highest BCUT2D eigenvalue weighted by atomic mass is 19.4. The van der Waals surface area contributed by atoms with Gasteiger partial charge in [0, 0.05) is 24.7 Å². The van der Waals surface area contributed by atoms with Gasteiger partial charge in [0.15, 0.2) is 24.7 Å². The number of hydrogen-bond acceptors (Lipinski definition) is 7. The monoisotopic (exact) mass is 502 g/mol. The zero-order chi connectivity index (χ0) is 25.0. The van der Waals surface area contributed by atoms with Crippen LogP contribution in [0.1, 0.15) is 41.5 Å². The lowest BCUT2D eigenvalue weighted by atomic mass is 9.50. The largest absolute Gasteiger partial charge is 0.467 e. The number of anilines is 1. The fourth-order valence-electron chi connectivity index (χ4n) is 4.58. The first-order valence-electron chi connectivity index (χ1n) is 10.8. The molecule has 0 aromatic carbocycles. The highest BCUT2D eigenvalue weighted by Gasteiger charge is 2.58. The van der Waals surface area contributed by atoms with E-state index < -0.39 is 43.2 Å². The number of carbonyl (C=O) groups is 2. The number of alkyl halides is 4. The number of alkyl carbamates (subject to hydrolysis) is 1. The van der Waals surface area contributed by atoms with Crippen molar-refractivity contribution in [3.8, 4) is 5.88 Å². The van der Waals surface area contributed by atoms with Crippen molar-refractivity contribution >= 4 is 17.8 Å². The summed E-state index contributed by atoms with van der Waals surface area (Å²) in [6.45, 7) is -1.83. The van der Waals surface area contributed by atoms with Crippen LogP contribution >= 0.6 is 0 Å². The van der Waals surface area contributed by atoms with Crippen molar-refractivity contribution in [1.29, 1.82) is 0 Å². The number of amides is 2. The van der Waals surface area contributed by atoms with Crippen molar-refractivity contribution < 1.29 is 41.4 Å². The summed E-state index contributed by atoms with van der Waals surface area (Å²) in [6.07, 6.45) is -6.28. The Balaban J connectivity index is 1.20. The third kappa shape index (κ3) is 4.76. The van der Waals surface area contributed by atoms with Crippen LogP contribution in [0.15, 0.2) is 12.1 Å². The molecule has 11 nitrogen and oxygen atoms in total. The molecule has 15 heteroatoms. The second-order valence-electron chi connectivity index (χ2n) is 9.08. The minimum absolute atomic E-state index is 0.0342. The Morgan fingerprint density at radius 2 is 2.06 bits per heavy atom.